The van der Waals surface area contributed by atoms with Gasteiger partial charge in [-0.25, -0.2) is 0 Å². The number of unbranched alkanes of at least 4 members (excludes halogenated alkanes) is 1. The third-order valence-corrected chi connectivity index (χ3v) is 9.26. The van der Waals surface area contributed by atoms with Gasteiger partial charge in [0.2, 0.25) is 0 Å². The van der Waals surface area contributed by atoms with Gasteiger partial charge in [0.25, 0.3) is 23.6 Å². The molecule has 2 aromatic rings. The zero-order chi connectivity index (χ0) is 40.4. The molecule has 0 bridgehead atoms. The summed E-state index contributed by atoms with van der Waals surface area (Å²) < 4.78 is 68.0. The van der Waals surface area contributed by atoms with Crippen LogP contribution in [0.1, 0.15) is 54.3 Å². The van der Waals surface area contributed by atoms with Crippen molar-refractivity contribution in [2.24, 2.45) is 0 Å². The van der Waals surface area contributed by atoms with Gasteiger partial charge in [-0.1, -0.05) is 0 Å². The highest BCUT2D eigenvalue weighted by atomic mass is 16.6. The van der Waals surface area contributed by atoms with Crippen LogP contribution in [0.15, 0.2) is 24.3 Å². The van der Waals surface area contributed by atoms with Crippen LogP contribution in [0.4, 0.5) is 0 Å². The fraction of sp³-hybridized carbons (Fsp3) is 0.600. The van der Waals surface area contributed by atoms with Crippen LogP contribution in [0.25, 0.3) is 0 Å². The Morgan fingerprint density at radius 3 is 0.707 bits per heavy atom. The number of rotatable bonds is 5. The molecule has 0 fully saturated rings. The van der Waals surface area contributed by atoms with E-state index in [4.69, 9.17) is 56.8 Å². The monoisotopic (exact) mass is 816 g/mol. The van der Waals surface area contributed by atoms with Gasteiger partial charge in [0.1, 0.15) is 26.4 Å². The number of carbonyl (C=O) groups is 4. The number of hydrogen-bond acceptors (Lipinski definition) is 16. The van der Waals surface area contributed by atoms with E-state index in [1.807, 2.05) is 0 Å². The second-order valence-corrected chi connectivity index (χ2v) is 13.2. The third-order valence-electron chi connectivity index (χ3n) is 9.26. The van der Waals surface area contributed by atoms with Crippen LogP contribution in [0.3, 0.4) is 0 Å². The summed E-state index contributed by atoms with van der Waals surface area (Å²) in [5.74, 6) is -0.699. The van der Waals surface area contributed by atoms with Crippen LogP contribution >= 0.6 is 0 Å². The number of hydrogen-bond donors (Lipinski definition) is 0. The lowest BCUT2D eigenvalue weighted by molar-refractivity contribution is -0.00842. The number of carbonyl (C=O) groups excluding carboxylic acids is 4. The van der Waals surface area contributed by atoms with Gasteiger partial charge >= 0.3 is 0 Å². The molecule has 4 amide bonds. The van der Waals surface area contributed by atoms with Gasteiger partial charge in [-0.3, -0.25) is 29.0 Å². The largest absolute Gasteiger partial charge is 0.487 e. The molecular formula is C40H52N2O16. The summed E-state index contributed by atoms with van der Waals surface area (Å²) in [7, 11) is 0. The van der Waals surface area contributed by atoms with E-state index in [9.17, 15) is 19.2 Å². The molecule has 58 heavy (non-hydrogen) atoms. The molecule has 0 saturated carbocycles. The number of imide groups is 2. The zero-order valence-electron chi connectivity index (χ0n) is 32.7. The summed E-state index contributed by atoms with van der Waals surface area (Å²) in [6.07, 6.45) is 0.680. The fourth-order valence-electron chi connectivity index (χ4n) is 6.36. The molecule has 2 aromatic carbocycles. The molecule has 0 aromatic heterocycles. The Balaban J connectivity index is 1.04. The topological polar surface area (TPSA) is 186 Å². The van der Waals surface area contributed by atoms with Gasteiger partial charge in [0, 0.05) is 13.1 Å². The Morgan fingerprint density at radius 1 is 0.310 bits per heavy atom. The van der Waals surface area contributed by atoms with Crippen LogP contribution in [-0.4, -0.2) is 179 Å². The first-order chi connectivity index (χ1) is 28.5. The summed E-state index contributed by atoms with van der Waals surface area (Å²) in [5.41, 5.74) is 0.775. The van der Waals surface area contributed by atoms with Gasteiger partial charge in [0.15, 0.2) is 23.0 Å². The molecular weight excluding hydrogens is 764 g/mol. The predicted octanol–water partition coefficient (Wildman–Crippen LogP) is 2.03. The van der Waals surface area contributed by atoms with E-state index in [1.54, 1.807) is 0 Å². The minimum atomic E-state index is -0.473. The minimum Gasteiger partial charge on any atom is -0.487 e. The highest BCUT2D eigenvalue weighted by Gasteiger charge is 2.39. The van der Waals surface area contributed by atoms with E-state index in [1.165, 1.54) is 24.3 Å². The highest BCUT2D eigenvalue weighted by molar-refractivity contribution is 6.22. The lowest BCUT2D eigenvalue weighted by Crippen LogP contribution is -2.33. The highest BCUT2D eigenvalue weighted by Crippen LogP contribution is 2.37. The van der Waals surface area contributed by atoms with Gasteiger partial charge in [0.05, 0.1) is 128 Å². The summed E-state index contributed by atoms with van der Waals surface area (Å²) in [6.45, 7) is 6.90. The fourth-order valence-corrected chi connectivity index (χ4v) is 6.36. The van der Waals surface area contributed by atoms with Crippen LogP contribution in [0.5, 0.6) is 23.0 Å². The Labute approximate surface area is 336 Å². The number of ether oxygens (including phenoxy) is 12. The maximum absolute atomic E-state index is 13.5. The Bertz CT molecular complexity index is 1450. The maximum atomic E-state index is 13.5. The SMILES string of the molecule is O=C1c2cc3c(cc2C(=O)N1CCCCN1C(=O)c2cc4c(cc2C1=O)OCCOCCOCCOCCOCCO4)OCCOCCOCCOCCOCCO3. The van der Waals surface area contributed by atoms with Crippen molar-refractivity contribution >= 4 is 23.6 Å². The van der Waals surface area contributed by atoms with Crippen molar-refractivity contribution in [1.82, 2.24) is 9.80 Å². The van der Waals surface area contributed by atoms with E-state index in [-0.39, 0.29) is 88.2 Å². The lowest BCUT2D eigenvalue weighted by Gasteiger charge is -2.16. The quantitative estimate of drug-likeness (QED) is 0.315. The molecule has 0 saturated heterocycles. The smallest absolute Gasteiger partial charge is 0.261 e. The zero-order valence-corrected chi connectivity index (χ0v) is 32.7. The predicted molar refractivity (Wildman–Crippen MR) is 201 cm³/mol. The normalized spacial score (nSPS) is 20.4. The molecule has 0 N–H and O–H groups in total. The van der Waals surface area contributed by atoms with Crippen molar-refractivity contribution in [2.45, 2.75) is 12.8 Å². The minimum absolute atomic E-state index is 0.0755. The second-order valence-electron chi connectivity index (χ2n) is 13.2. The van der Waals surface area contributed by atoms with Gasteiger partial charge < -0.3 is 56.8 Å². The standard InChI is InChI=1S/C40H52N2O16/c43-37-29-25-33-34(56-22-18-52-14-10-48-6-5-47-9-13-51-17-21-55-33)26-30(29)38(44)41(37)3-1-2-4-42-39(45)31-27-35-36(28-32(31)40(42)46)58-24-20-54-16-12-50-8-7-49-11-15-53-19-23-57-35/h25-28H,1-24H2. The van der Waals surface area contributed by atoms with E-state index in [0.717, 1.165) is 9.80 Å². The molecule has 0 aliphatic carbocycles. The Hall–Kier alpha value is -4.40. The first-order valence-corrected chi connectivity index (χ1v) is 19.7. The first-order valence-electron chi connectivity index (χ1n) is 19.7. The molecule has 0 spiro atoms. The number of nitrogens with zero attached hydrogens (tertiary/aromatic N) is 2. The van der Waals surface area contributed by atoms with Crippen LogP contribution in [-0.2, 0) is 37.9 Å². The van der Waals surface area contributed by atoms with Crippen LogP contribution in [0, 0.1) is 0 Å². The molecule has 6 rings (SSSR count). The van der Waals surface area contributed by atoms with Crippen LogP contribution in [0.2, 0.25) is 0 Å². The van der Waals surface area contributed by atoms with E-state index >= 15 is 0 Å². The van der Waals surface area contributed by atoms with Gasteiger partial charge in [-0.05, 0) is 37.1 Å². The first kappa shape index (κ1) is 43.2. The molecule has 0 unspecified atom stereocenters. The van der Waals surface area contributed by atoms with Crippen molar-refractivity contribution < 1.29 is 76.0 Å². The third kappa shape index (κ3) is 12.1. The Kier molecular flexibility index (Phi) is 17.3. The lowest BCUT2D eigenvalue weighted by atomic mass is 10.1. The van der Waals surface area contributed by atoms with E-state index < -0.39 is 23.6 Å². The average molecular weight is 817 g/mol. The van der Waals surface area contributed by atoms with E-state index in [2.05, 4.69) is 0 Å². The number of benzene rings is 2. The molecule has 4 aliphatic rings. The molecule has 0 radical (unpaired) electrons. The Morgan fingerprint density at radius 2 is 0.500 bits per heavy atom. The summed E-state index contributed by atoms with van der Waals surface area (Å²) in [5, 5.41) is 0. The van der Waals surface area contributed by atoms with Crippen molar-refractivity contribution in [1.29, 1.82) is 0 Å². The van der Waals surface area contributed by atoms with Crippen molar-refractivity contribution in [3.05, 3.63) is 46.5 Å². The molecule has 18 heteroatoms. The van der Waals surface area contributed by atoms with E-state index in [0.29, 0.717) is 115 Å². The molecule has 18 nitrogen and oxygen atoms in total. The maximum Gasteiger partial charge on any atom is 0.261 e. The summed E-state index contributed by atoms with van der Waals surface area (Å²) in [4.78, 5) is 56.3. The van der Waals surface area contributed by atoms with Gasteiger partial charge in [-0.2, -0.15) is 0 Å². The number of fused-ring (bicyclic) bond motifs is 4. The number of amides is 4. The van der Waals surface area contributed by atoms with Crippen LogP contribution < -0.4 is 18.9 Å². The summed E-state index contributed by atoms with van der Waals surface area (Å²) >= 11 is 0. The molecule has 4 aliphatic heterocycles. The molecule has 4 heterocycles. The van der Waals surface area contributed by atoms with Crippen molar-refractivity contribution in [2.75, 3.05) is 145 Å². The second kappa shape index (κ2) is 23.3. The van der Waals surface area contributed by atoms with Crippen molar-refractivity contribution in [3.63, 3.8) is 0 Å². The average Bonchev–Trinajstić information content (AvgIpc) is 3.59. The van der Waals surface area contributed by atoms with Crippen molar-refractivity contribution in [3.8, 4) is 23.0 Å². The van der Waals surface area contributed by atoms with Gasteiger partial charge in [-0.15, -0.1) is 0 Å². The molecule has 0 atom stereocenters. The molecule has 318 valence electrons. The summed E-state index contributed by atoms with van der Waals surface area (Å²) in [6, 6.07) is 6.06.